The van der Waals surface area contributed by atoms with Crippen LogP contribution in [-0.4, -0.2) is 26.8 Å². The van der Waals surface area contributed by atoms with Gasteiger partial charge in [0.05, 0.1) is 10.1 Å². The van der Waals surface area contributed by atoms with Crippen LogP contribution in [0, 0.1) is 5.92 Å². The standard InChI is InChI=1S/C16H23NO2S/c18-20(19,15-7-3-8-15)16-9-2-1-6-14(16)11-13-5-4-10-17-12-13/h1-2,6,9,13,15,17H,3-5,7-8,10-12H2. The molecule has 1 atom stereocenters. The van der Waals surface area contributed by atoms with E-state index in [4.69, 9.17) is 0 Å². The van der Waals surface area contributed by atoms with E-state index in [1.165, 1.54) is 12.8 Å². The Hall–Kier alpha value is -0.870. The van der Waals surface area contributed by atoms with E-state index in [0.717, 1.165) is 44.3 Å². The second kappa shape index (κ2) is 5.86. The van der Waals surface area contributed by atoms with Crippen LogP contribution in [0.5, 0.6) is 0 Å². The molecule has 110 valence electrons. The zero-order valence-electron chi connectivity index (χ0n) is 11.8. The normalized spacial score (nSPS) is 24.3. The molecule has 0 aromatic heterocycles. The summed E-state index contributed by atoms with van der Waals surface area (Å²) in [7, 11) is -3.10. The summed E-state index contributed by atoms with van der Waals surface area (Å²) in [6.07, 6.45) is 6.00. The molecule has 1 saturated carbocycles. The van der Waals surface area contributed by atoms with Gasteiger partial charge in [0.25, 0.3) is 0 Å². The molecule has 4 heteroatoms. The third kappa shape index (κ3) is 2.77. The average molecular weight is 293 g/mol. The fraction of sp³-hybridized carbons (Fsp3) is 0.625. The van der Waals surface area contributed by atoms with Gasteiger partial charge in [-0.15, -0.1) is 0 Å². The number of sulfone groups is 1. The van der Waals surface area contributed by atoms with E-state index in [0.29, 0.717) is 10.8 Å². The summed E-state index contributed by atoms with van der Waals surface area (Å²) in [4.78, 5) is 0.593. The van der Waals surface area contributed by atoms with Crippen LogP contribution in [0.1, 0.15) is 37.7 Å². The maximum Gasteiger partial charge on any atom is 0.181 e. The lowest BCUT2D eigenvalue weighted by Crippen LogP contribution is -2.32. The first-order valence-electron chi connectivity index (χ1n) is 7.70. The topological polar surface area (TPSA) is 46.2 Å². The average Bonchev–Trinajstić information content (AvgIpc) is 2.38. The Bertz CT molecular complexity index is 558. The predicted molar refractivity (Wildman–Crippen MR) is 80.6 cm³/mol. The smallest absolute Gasteiger partial charge is 0.181 e. The third-order valence-electron chi connectivity index (χ3n) is 4.68. The summed E-state index contributed by atoms with van der Waals surface area (Å²) in [5.74, 6) is 0.571. The van der Waals surface area contributed by atoms with Crippen molar-refractivity contribution in [1.29, 1.82) is 0 Å². The molecule has 3 rings (SSSR count). The predicted octanol–water partition coefficient (Wildman–Crippen LogP) is 2.55. The van der Waals surface area contributed by atoms with Crippen LogP contribution in [0.4, 0.5) is 0 Å². The number of hydrogen-bond donors (Lipinski definition) is 1. The van der Waals surface area contributed by atoms with Crippen LogP contribution in [0.2, 0.25) is 0 Å². The highest BCUT2D eigenvalue weighted by atomic mass is 32.2. The van der Waals surface area contributed by atoms with Crippen LogP contribution in [0.15, 0.2) is 29.2 Å². The molecule has 2 aliphatic rings. The van der Waals surface area contributed by atoms with Crippen LogP contribution in [0.3, 0.4) is 0 Å². The maximum atomic E-state index is 12.7. The number of hydrogen-bond acceptors (Lipinski definition) is 3. The third-order valence-corrected chi connectivity index (χ3v) is 7.04. The van der Waals surface area contributed by atoms with Crippen molar-refractivity contribution in [3.05, 3.63) is 29.8 Å². The first-order valence-corrected chi connectivity index (χ1v) is 9.25. The van der Waals surface area contributed by atoms with Gasteiger partial charge in [-0.25, -0.2) is 8.42 Å². The number of benzene rings is 1. The minimum absolute atomic E-state index is 0.131. The van der Waals surface area contributed by atoms with Gasteiger partial charge in [0.2, 0.25) is 0 Å². The monoisotopic (exact) mass is 293 g/mol. The second-order valence-electron chi connectivity index (χ2n) is 6.12. The lowest BCUT2D eigenvalue weighted by Gasteiger charge is -2.28. The Morgan fingerprint density at radius 2 is 1.90 bits per heavy atom. The first kappa shape index (κ1) is 14.1. The quantitative estimate of drug-likeness (QED) is 0.928. The minimum Gasteiger partial charge on any atom is -0.316 e. The van der Waals surface area contributed by atoms with Crippen molar-refractivity contribution in [2.75, 3.05) is 13.1 Å². The zero-order valence-corrected chi connectivity index (χ0v) is 12.7. The molecule has 1 aliphatic carbocycles. The van der Waals surface area contributed by atoms with Gasteiger partial charge in [-0.2, -0.15) is 0 Å². The molecule has 1 aromatic carbocycles. The van der Waals surface area contributed by atoms with Gasteiger partial charge in [-0.3, -0.25) is 0 Å². The lowest BCUT2D eigenvalue weighted by molar-refractivity contribution is 0.374. The van der Waals surface area contributed by atoms with Crippen molar-refractivity contribution in [2.24, 2.45) is 5.92 Å². The Morgan fingerprint density at radius 3 is 2.55 bits per heavy atom. The highest BCUT2D eigenvalue weighted by Gasteiger charge is 2.34. The molecular formula is C16H23NO2S. The molecule has 1 heterocycles. The van der Waals surface area contributed by atoms with Gasteiger partial charge in [-0.1, -0.05) is 24.6 Å². The molecule has 0 spiro atoms. The lowest BCUT2D eigenvalue weighted by atomic mass is 9.92. The number of rotatable bonds is 4. The summed E-state index contributed by atoms with van der Waals surface area (Å²) < 4.78 is 25.3. The maximum absolute atomic E-state index is 12.7. The Labute approximate surface area is 121 Å². The highest BCUT2D eigenvalue weighted by molar-refractivity contribution is 7.92. The first-order chi connectivity index (χ1) is 9.68. The van der Waals surface area contributed by atoms with E-state index >= 15 is 0 Å². The van der Waals surface area contributed by atoms with Crippen LogP contribution >= 0.6 is 0 Å². The molecular weight excluding hydrogens is 270 g/mol. The van der Waals surface area contributed by atoms with Gasteiger partial charge in [0.15, 0.2) is 9.84 Å². The van der Waals surface area contributed by atoms with Crippen molar-refractivity contribution in [3.8, 4) is 0 Å². The Kier molecular flexibility index (Phi) is 4.13. The molecule has 1 saturated heterocycles. The molecule has 1 aromatic rings. The van der Waals surface area contributed by atoms with Crippen molar-refractivity contribution >= 4 is 9.84 Å². The fourth-order valence-corrected chi connectivity index (χ4v) is 5.32. The van der Waals surface area contributed by atoms with E-state index in [2.05, 4.69) is 5.32 Å². The second-order valence-corrected chi connectivity index (χ2v) is 8.32. The van der Waals surface area contributed by atoms with E-state index in [1.54, 1.807) is 6.07 Å². The zero-order chi connectivity index (χ0) is 14.0. The van der Waals surface area contributed by atoms with E-state index in [9.17, 15) is 8.42 Å². The van der Waals surface area contributed by atoms with Crippen molar-refractivity contribution in [2.45, 2.75) is 48.7 Å². The Morgan fingerprint density at radius 1 is 1.10 bits per heavy atom. The van der Waals surface area contributed by atoms with Gasteiger partial charge in [0.1, 0.15) is 0 Å². The number of piperidine rings is 1. The minimum atomic E-state index is -3.10. The number of nitrogens with one attached hydrogen (secondary N) is 1. The van der Waals surface area contributed by atoms with Crippen molar-refractivity contribution < 1.29 is 8.42 Å². The summed E-state index contributed by atoms with van der Waals surface area (Å²) in [6.45, 7) is 2.11. The molecule has 20 heavy (non-hydrogen) atoms. The molecule has 2 fully saturated rings. The van der Waals surface area contributed by atoms with Crippen molar-refractivity contribution in [1.82, 2.24) is 5.32 Å². The molecule has 0 amide bonds. The van der Waals surface area contributed by atoms with Crippen LogP contribution < -0.4 is 5.32 Å². The van der Waals surface area contributed by atoms with Gasteiger partial charge >= 0.3 is 0 Å². The van der Waals surface area contributed by atoms with Gasteiger partial charge in [-0.05, 0) is 62.7 Å². The molecule has 0 radical (unpaired) electrons. The SMILES string of the molecule is O=S(=O)(c1ccccc1CC1CCCNC1)C1CCC1. The molecule has 1 aliphatic heterocycles. The molecule has 3 nitrogen and oxygen atoms in total. The molecule has 1 unspecified atom stereocenters. The van der Waals surface area contributed by atoms with Gasteiger partial charge < -0.3 is 5.32 Å². The van der Waals surface area contributed by atoms with Crippen LogP contribution in [0.25, 0.3) is 0 Å². The highest BCUT2D eigenvalue weighted by Crippen LogP contribution is 2.33. The van der Waals surface area contributed by atoms with Crippen LogP contribution in [-0.2, 0) is 16.3 Å². The summed E-state index contributed by atoms with van der Waals surface area (Å²) in [6, 6.07) is 7.62. The summed E-state index contributed by atoms with van der Waals surface area (Å²) in [5, 5.41) is 3.28. The fourth-order valence-electron chi connectivity index (χ4n) is 3.22. The van der Waals surface area contributed by atoms with E-state index in [1.807, 2.05) is 18.2 Å². The molecule has 0 bridgehead atoms. The van der Waals surface area contributed by atoms with E-state index in [-0.39, 0.29) is 5.25 Å². The largest absolute Gasteiger partial charge is 0.316 e. The molecule has 1 N–H and O–H groups in total. The van der Waals surface area contributed by atoms with Crippen molar-refractivity contribution in [3.63, 3.8) is 0 Å². The summed E-state index contributed by atoms with van der Waals surface area (Å²) in [5.41, 5.74) is 1.02. The van der Waals surface area contributed by atoms with E-state index < -0.39 is 9.84 Å². The Balaban J connectivity index is 1.84. The summed E-state index contributed by atoms with van der Waals surface area (Å²) >= 11 is 0. The van der Waals surface area contributed by atoms with Gasteiger partial charge in [0, 0.05) is 0 Å².